The molecule has 1 atom stereocenters. The zero-order valence-corrected chi connectivity index (χ0v) is 14.7. The molecule has 2 aliphatic rings. The Labute approximate surface area is 147 Å². The van der Waals surface area contributed by atoms with Gasteiger partial charge in [0.05, 0.1) is 11.4 Å². The van der Waals surface area contributed by atoms with Crippen molar-refractivity contribution in [2.75, 3.05) is 19.6 Å². The van der Waals surface area contributed by atoms with Crippen molar-refractivity contribution in [3.63, 3.8) is 0 Å². The van der Waals surface area contributed by atoms with E-state index >= 15 is 0 Å². The average molecular weight is 343 g/mol. The Balaban J connectivity index is 1.27. The van der Waals surface area contributed by atoms with E-state index in [2.05, 4.69) is 31.6 Å². The number of aryl methyl sites for hydroxylation is 2. The summed E-state index contributed by atoms with van der Waals surface area (Å²) in [6.07, 6.45) is 5.17. The maximum Gasteiger partial charge on any atom is 0.290 e. The van der Waals surface area contributed by atoms with Crippen molar-refractivity contribution < 1.29 is 9.32 Å². The lowest BCUT2D eigenvalue weighted by atomic mass is 9.96. The number of carbonyl (C=O) groups is 1. The highest BCUT2D eigenvalue weighted by molar-refractivity contribution is 5.93. The average Bonchev–Trinajstić information content (AvgIpc) is 3.33. The minimum Gasteiger partial charge on any atom is -0.350 e. The summed E-state index contributed by atoms with van der Waals surface area (Å²) in [4.78, 5) is 14.8. The first-order valence-corrected chi connectivity index (χ1v) is 9.18. The quantitative estimate of drug-likeness (QED) is 0.865. The first kappa shape index (κ1) is 16.3. The van der Waals surface area contributed by atoms with Gasteiger partial charge in [0.15, 0.2) is 0 Å². The molecular formula is C18H25N5O2. The topological polar surface area (TPSA) is 87.1 Å². The minimum atomic E-state index is -0.114. The third kappa shape index (κ3) is 3.61. The molecule has 4 rings (SSSR count). The Morgan fingerprint density at radius 2 is 2.32 bits per heavy atom. The Hall–Kier alpha value is -2.15. The number of nitrogens with one attached hydrogen (secondary N) is 2. The second-order valence-electron chi connectivity index (χ2n) is 7.29. The maximum absolute atomic E-state index is 12.4. The molecule has 1 aliphatic carbocycles. The van der Waals surface area contributed by atoms with Crippen LogP contribution in [0, 0.1) is 12.8 Å². The van der Waals surface area contributed by atoms with Gasteiger partial charge in [-0.15, -0.1) is 0 Å². The molecule has 7 heteroatoms. The van der Waals surface area contributed by atoms with Gasteiger partial charge in [-0.3, -0.25) is 14.8 Å². The molecule has 0 unspecified atom stereocenters. The predicted molar refractivity (Wildman–Crippen MR) is 92.2 cm³/mol. The highest BCUT2D eigenvalue weighted by Crippen LogP contribution is 2.24. The van der Waals surface area contributed by atoms with Crippen molar-refractivity contribution in [3.8, 4) is 0 Å². The first-order chi connectivity index (χ1) is 12.2. The van der Waals surface area contributed by atoms with Gasteiger partial charge >= 0.3 is 0 Å². The fourth-order valence-electron chi connectivity index (χ4n) is 3.89. The zero-order valence-electron chi connectivity index (χ0n) is 14.7. The van der Waals surface area contributed by atoms with Gasteiger partial charge < -0.3 is 9.84 Å². The van der Waals surface area contributed by atoms with Crippen molar-refractivity contribution in [1.82, 2.24) is 25.6 Å². The predicted octanol–water partition coefficient (Wildman–Crippen LogP) is 1.84. The molecule has 134 valence electrons. The maximum atomic E-state index is 12.4. The van der Waals surface area contributed by atoms with Crippen molar-refractivity contribution in [1.29, 1.82) is 0 Å². The number of likely N-dealkylation sites (tertiary alicyclic amines) is 1. The van der Waals surface area contributed by atoms with Gasteiger partial charge in [-0.1, -0.05) is 5.16 Å². The highest BCUT2D eigenvalue weighted by Gasteiger charge is 2.27. The third-order valence-corrected chi connectivity index (χ3v) is 5.23. The van der Waals surface area contributed by atoms with Gasteiger partial charge in [-0.05, 0) is 57.6 Å². The van der Waals surface area contributed by atoms with Crippen LogP contribution in [0.15, 0.2) is 10.6 Å². The normalized spacial score (nSPS) is 20.6. The fraction of sp³-hybridized carbons (Fsp3) is 0.611. The van der Waals surface area contributed by atoms with Gasteiger partial charge in [0.25, 0.3) is 5.91 Å². The number of aromatic nitrogens is 3. The number of nitrogens with zero attached hydrogens (tertiary/aromatic N) is 3. The van der Waals surface area contributed by atoms with Crippen molar-refractivity contribution >= 4 is 5.91 Å². The van der Waals surface area contributed by atoms with Crippen molar-refractivity contribution in [2.24, 2.45) is 5.92 Å². The molecule has 25 heavy (non-hydrogen) atoms. The number of hydrogen-bond donors (Lipinski definition) is 2. The summed E-state index contributed by atoms with van der Waals surface area (Å²) < 4.78 is 5.31. The van der Waals surface area contributed by atoms with Gasteiger partial charge in [0, 0.05) is 30.9 Å². The van der Waals surface area contributed by atoms with Gasteiger partial charge in [0.1, 0.15) is 0 Å². The second kappa shape index (κ2) is 7.00. The number of rotatable bonds is 5. The van der Waals surface area contributed by atoms with E-state index in [4.69, 9.17) is 4.52 Å². The first-order valence-electron chi connectivity index (χ1n) is 9.18. The number of fused-ring (bicyclic) bond motifs is 1. The Kier molecular flexibility index (Phi) is 4.57. The second-order valence-corrected chi connectivity index (χ2v) is 7.29. The molecule has 0 aromatic carbocycles. The zero-order chi connectivity index (χ0) is 17.2. The van der Waals surface area contributed by atoms with E-state index in [1.807, 2.05) is 6.92 Å². The molecule has 2 aromatic heterocycles. The van der Waals surface area contributed by atoms with Crippen LogP contribution in [0.25, 0.3) is 0 Å². The number of hydrogen-bond acceptors (Lipinski definition) is 5. The molecule has 1 amide bonds. The fourth-order valence-corrected chi connectivity index (χ4v) is 3.89. The molecule has 1 saturated heterocycles. The summed E-state index contributed by atoms with van der Waals surface area (Å²) in [6, 6.07) is 2.09. The molecule has 0 radical (unpaired) electrons. The molecule has 2 N–H and O–H groups in total. The molecule has 2 aromatic rings. The van der Waals surface area contributed by atoms with E-state index in [0.717, 1.165) is 74.4 Å². The summed E-state index contributed by atoms with van der Waals surface area (Å²) in [5, 5.41) is 14.4. The summed E-state index contributed by atoms with van der Waals surface area (Å²) >= 11 is 0. The van der Waals surface area contributed by atoms with Crippen molar-refractivity contribution in [3.05, 3.63) is 34.5 Å². The van der Waals surface area contributed by atoms with E-state index in [9.17, 15) is 4.79 Å². The summed E-state index contributed by atoms with van der Waals surface area (Å²) in [6.45, 7) is 5.60. The lowest BCUT2D eigenvalue weighted by molar-refractivity contribution is 0.0909. The molecule has 0 spiro atoms. The number of aromatic amines is 1. The molecule has 7 nitrogen and oxygen atoms in total. The third-order valence-electron chi connectivity index (χ3n) is 5.23. The summed E-state index contributed by atoms with van der Waals surface area (Å²) in [5.74, 6) is 0.788. The Bertz CT molecular complexity index is 750. The van der Waals surface area contributed by atoms with Crippen LogP contribution >= 0.6 is 0 Å². The summed E-state index contributed by atoms with van der Waals surface area (Å²) in [7, 11) is 0. The number of carbonyl (C=O) groups excluding carboxylic acids is 1. The monoisotopic (exact) mass is 343 g/mol. The van der Waals surface area contributed by atoms with E-state index in [0.29, 0.717) is 18.2 Å². The number of H-pyrrole nitrogens is 1. The van der Waals surface area contributed by atoms with E-state index in [1.54, 1.807) is 0 Å². The minimum absolute atomic E-state index is 0.114. The van der Waals surface area contributed by atoms with Gasteiger partial charge in [-0.2, -0.15) is 5.10 Å². The lowest BCUT2D eigenvalue weighted by Gasteiger charge is -2.15. The van der Waals surface area contributed by atoms with Crippen LogP contribution in [0.2, 0.25) is 0 Å². The van der Waals surface area contributed by atoms with Crippen LogP contribution < -0.4 is 5.32 Å². The van der Waals surface area contributed by atoms with E-state index < -0.39 is 0 Å². The van der Waals surface area contributed by atoms with Crippen LogP contribution in [0.5, 0.6) is 0 Å². The van der Waals surface area contributed by atoms with E-state index in [-0.39, 0.29) is 5.91 Å². The Morgan fingerprint density at radius 3 is 3.16 bits per heavy atom. The molecule has 1 fully saturated rings. The number of amides is 1. The van der Waals surface area contributed by atoms with Crippen LogP contribution in [-0.2, 0) is 19.4 Å². The van der Waals surface area contributed by atoms with Crippen molar-refractivity contribution in [2.45, 2.75) is 45.6 Å². The standard InChI is InChI=1S/C18H25N5O2/c1-12-8-14(21-20-12)11-23-7-6-13(10-23)9-19-18(24)17-15-4-2-3-5-16(15)22-25-17/h8,13H,2-7,9-11H2,1H3,(H,19,24)(H,20,21)/t13-/m0/s1. The molecule has 0 bridgehead atoms. The van der Waals surface area contributed by atoms with Crippen LogP contribution in [0.1, 0.15) is 52.5 Å². The smallest absolute Gasteiger partial charge is 0.290 e. The molecular weight excluding hydrogens is 318 g/mol. The molecule has 0 saturated carbocycles. The largest absolute Gasteiger partial charge is 0.350 e. The SMILES string of the molecule is Cc1cc(CN2CC[C@@H](CNC(=O)c3onc4c3CCCC4)C2)n[nH]1. The Morgan fingerprint density at radius 1 is 1.44 bits per heavy atom. The molecule has 1 aliphatic heterocycles. The van der Waals surface area contributed by atoms with Gasteiger partial charge in [-0.25, -0.2) is 0 Å². The lowest BCUT2D eigenvalue weighted by Crippen LogP contribution is -2.31. The molecule has 3 heterocycles. The van der Waals surface area contributed by atoms with Crippen LogP contribution in [0.4, 0.5) is 0 Å². The van der Waals surface area contributed by atoms with E-state index in [1.165, 1.54) is 0 Å². The summed E-state index contributed by atoms with van der Waals surface area (Å²) in [5.41, 5.74) is 4.16. The van der Waals surface area contributed by atoms with Crippen LogP contribution in [0.3, 0.4) is 0 Å². The van der Waals surface area contributed by atoms with Gasteiger partial charge in [0.2, 0.25) is 5.76 Å². The highest BCUT2D eigenvalue weighted by atomic mass is 16.5. The van der Waals surface area contributed by atoms with Crippen LogP contribution in [-0.4, -0.2) is 45.8 Å².